The van der Waals surface area contributed by atoms with Crippen molar-refractivity contribution in [3.63, 3.8) is 0 Å². The van der Waals surface area contributed by atoms with Gasteiger partial charge in [-0.3, -0.25) is 9.59 Å². The molecule has 0 saturated carbocycles. The summed E-state index contributed by atoms with van der Waals surface area (Å²) in [7, 11) is 0. The van der Waals surface area contributed by atoms with Crippen LogP contribution in [0.5, 0.6) is 0 Å². The van der Waals surface area contributed by atoms with E-state index in [1.54, 1.807) is 4.90 Å². The van der Waals surface area contributed by atoms with E-state index in [4.69, 9.17) is 0 Å². The van der Waals surface area contributed by atoms with Gasteiger partial charge in [-0.1, -0.05) is 0 Å². The van der Waals surface area contributed by atoms with E-state index >= 15 is 0 Å². The molecule has 2 aliphatic heterocycles. The molecule has 2 aliphatic rings. The number of carbonyl (C=O) groups excluding carboxylic acids is 2. The van der Waals surface area contributed by atoms with E-state index in [2.05, 4.69) is 4.74 Å². The van der Waals surface area contributed by atoms with E-state index in [0.29, 0.717) is 13.1 Å². The highest BCUT2D eigenvalue weighted by Gasteiger charge is 2.40. The van der Waals surface area contributed by atoms with Crippen molar-refractivity contribution in [3.05, 3.63) is 0 Å². The smallest absolute Gasteiger partial charge is 0.342 e. The second-order valence-electron chi connectivity index (χ2n) is 4.60. The van der Waals surface area contributed by atoms with Crippen molar-refractivity contribution < 1.29 is 23.1 Å². The first-order valence-corrected chi connectivity index (χ1v) is 6.01. The lowest BCUT2D eigenvalue weighted by Gasteiger charge is -2.39. The van der Waals surface area contributed by atoms with Gasteiger partial charge in [-0.2, -0.15) is 8.78 Å². The highest BCUT2D eigenvalue weighted by atomic mass is 19.3. The highest BCUT2D eigenvalue weighted by molar-refractivity contribution is 5.89. The summed E-state index contributed by atoms with van der Waals surface area (Å²) in [6, 6.07) is 0. The molecular weight excluding hydrogens is 246 g/mol. The summed E-state index contributed by atoms with van der Waals surface area (Å²) in [4.78, 5) is 26.6. The number of alkyl halides is 2. The van der Waals surface area contributed by atoms with Crippen molar-refractivity contribution in [2.24, 2.45) is 5.92 Å². The maximum Gasteiger partial charge on any atom is 0.345 e. The van der Waals surface area contributed by atoms with Gasteiger partial charge >= 0.3 is 6.61 Å². The predicted octanol–water partition coefficient (Wildman–Crippen LogP) is 0.305. The van der Waals surface area contributed by atoms with Gasteiger partial charge in [0.1, 0.15) is 0 Å². The first-order valence-electron chi connectivity index (χ1n) is 6.01. The van der Waals surface area contributed by atoms with Gasteiger partial charge in [-0.15, -0.1) is 0 Å². The van der Waals surface area contributed by atoms with Crippen LogP contribution in [0.1, 0.15) is 13.3 Å². The minimum atomic E-state index is -2.80. The molecule has 0 bridgehead atoms. The molecule has 0 radical (unpaired) electrons. The van der Waals surface area contributed by atoms with Gasteiger partial charge in [-0.25, -0.2) is 0 Å². The molecule has 0 aromatic carbocycles. The summed E-state index contributed by atoms with van der Waals surface area (Å²) < 4.78 is 28.1. The fourth-order valence-corrected chi connectivity index (χ4v) is 2.35. The van der Waals surface area contributed by atoms with Crippen LogP contribution in [0.2, 0.25) is 0 Å². The zero-order chi connectivity index (χ0) is 13.3. The minimum absolute atomic E-state index is 0.0169. The number of ether oxygens (including phenoxy) is 1. The summed E-state index contributed by atoms with van der Waals surface area (Å²) in [5.41, 5.74) is 0. The zero-order valence-corrected chi connectivity index (χ0v) is 10.1. The molecule has 2 fully saturated rings. The highest BCUT2D eigenvalue weighted by Crippen LogP contribution is 2.23. The van der Waals surface area contributed by atoms with Gasteiger partial charge in [-0.05, 0) is 6.92 Å². The lowest BCUT2D eigenvalue weighted by molar-refractivity contribution is -0.200. The number of halogens is 2. The molecule has 2 heterocycles. The van der Waals surface area contributed by atoms with Crippen molar-refractivity contribution in [2.45, 2.75) is 26.1 Å². The number of amides is 2. The van der Waals surface area contributed by atoms with Crippen molar-refractivity contribution in [3.8, 4) is 0 Å². The molecular formula is C11H16F2N2O3. The summed E-state index contributed by atoms with van der Waals surface area (Å²) >= 11 is 0. The molecule has 0 aromatic heterocycles. The van der Waals surface area contributed by atoms with Crippen LogP contribution in [0, 0.1) is 5.92 Å². The van der Waals surface area contributed by atoms with E-state index in [9.17, 15) is 18.4 Å². The van der Waals surface area contributed by atoms with Gasteiger partial charge in [0, 0.05) is 32.6 Å². The number of likely N-dealkylation sites (tertiary alicyclic amines) is 2. The van der Waals surface area contributed by atoms with Crippen LogP contribution < -0.4 is 0 Å². The van der Waals surface area contributed by atoms with E-state index in [1.807, 2.05) is 6.92 Å². The Morgan fingerprint density at radius 1 is 1.44 bits per heavy atom. The Hall–Kier alpha value is -1.24. The van der Waals surface area contributed by atoms with Gasteiger partial charge in [0.25, 0.3) is 0 Å². The quantitative estimate of drug-likeness (QED) is 0.732. The molecule has 2 saturated heterocycles. The summed E-state index contributed by atoms with van der Waals surface area (Å²) in [6.07, 6.45) is -0.350. The van der Waals surface area contributed by atoms with Gasteiger partial charge in [0.15, 0.2) is 0 Å². The van der Waals surface area contributed by atoms with Crippen LogP contribution in [-0.4, -0.2) is 60.5 Å². The van der Waals surface area contributed by atoms with E-state index in [0.717, 1.165) is 0 Å². The lowest BCUT2D eigenvalue weighted by atomic mass is 10.0. The van der Waals surface area contributed by atoms with Crippen molar-refractivity contribution in [1.29, 1.82) is 0 Å². The Labute approximate surface area is 104 Å². The first kappa shape index (κ1) is 13.2. The SMILES string of the molecule is CCN1CC(C(=O)N2CC(OC(F)F)C2)CC1=O. The zero-order valence-electron chi connectivity index (χ0n) is 10.1. The van der Waals surface area contributed by atoms with Gasteiger partial charge < -0.3 is 14.5 Å². The maximum atomic E-state index is 12.0. The molecule has 0 spiro atoms. The molecule has 5 nitrogen and oxygen atoms in total. The largest absolute Gasteiger partial charge is 0.345 e. The van der Waals surface area contributed by atoms with Gasteiger partial charge in [0.2, 0.25) is 11.8 Å². The number of hydrogen-bond acceptors (Lipinski definition) is 3. The molecule has 0 aliphatic carbocycles. The molecule has 2 amide bonds. The normalized spacial score (nSPS) is 24.9. The average Bonchev–Trinajstić information content (AvgIpc) is 2.63. The van der Waals surface area contributed by atoms with Crippen LogP contribution in [0.4, 0.5) is 8.78 Å². The van der Waals surface area contributed by atoms with Crippen molar-refractivity contribution in [1.82, 2.24) is 9.80 Å². The Morgan fingerprint density at radius 3 is 2.61 bits per heavy atom. The standard InChI is InChI=1S/C11H16F2N2O3/c1-2-14-4-7(3-9(14)16)10(17)15-5-8(6-15)18-11(12)13/h7-8,11H,2-6H2,1H3. The van der Waals surface area contributed by atoms with Crippen LogP contribution >= 0.6 is 0 Å². The van der Waals surface area contributed by atoms with Crippen LogP contribution in [0.3, 0.4) is 0 Å². The number of hydrogen-bond donors (Lipinski definition) is 0. The third-order valence-electron chi connectivity index (χ3n) is 3.40. The van der Waals surface area contributed by atoms with Crippen LogP contribution in [0.25, 0.3) is 0 Å². The predicted molar refractivity (Wildman–Crippen MR) is 57.8 cm³/mol. The number of carbonyl (C=O) groups is 2. The molecule has 102 valence electrons. The molecule has 2 rings (SSSR count). The number of rotatable bonds is 4. The van der Waals surface area contributed by atoms with Crippen molar-refractivity contribution in [2.75, 3.05) is 26.2 Å². The Bertz CT molecular complexity index is 345. The molecule has 0 N–H and O–H groups in total. The van der Waals surface area contributed by atoms with Crippen LogP contribution in [-0.2, 0) is 14.3 Å². The Balaban J connectivity index is 1.79. The summed E-state index contributed by atoms with van der Waals surface area (Å²) in [5.74, 6) is -0.477. The second kappa shape index (κ2) is 5.17. The van der Waals surface area contributed by atoms with E-state index in [-0.39, 0.29) is 37.2 Å². The average molecular weight is 262 g/mol. The molecule has 0 aromatic rings. The van der Waals surface area contributed by atoms with Gasteiger partial charge in [0.05, 0.1) is 12.0 Å². The minimum Gasteiger partial charge on any atom is -0.342 e. The molecule has 1 atom stereocenters. The fourth-order valence-electron chi connectivity index (χ4n) is 2.35. The molecule has 1 unspecified atom stereocenters. The topological polar surface area (TPSA) is 49.9 Å². The molecule has 18 heavy (non-hydrogen) atoms. The lowest BCUT2D eigenvalue weighted by Crippen LogP contribution is -2.57. The summed E-state index contributed by atoms with van der Waals surface area (Å²) in [6.45, 7) is 0.488. The monoisotopic (exact) mass is 262 g/mol. The molecule has 7 heteroatoms. The fraction of sp³-hybridized carbons (Fsp3) is 0.818. The maximum absolute atomic E-state index is 12.0. The van der Waals surface area contributed by atoms with Crippen LogP contribution in [0.15, 0.2) is 0 Å². The summed E-state index contributed by atoms with van der Waals surface area (Å²) in [5, 5.41) is 0. The van der Waals surface area contributed by atoms with Crippen molar-refractivity contribution >= 4 is 11.8 Å². The van der Waals surface area contributed by atoms with E-state index < -0.39 is 12.7 Å². The van der Waals surface area contributed by atoms with E-state index in [1.165, 1.54) is 4.90 Å². The second-order valence-corrected chi connectivity index (χ2v) is 4.60. The Kier molecular flexibility index (Phi) is 3.79. The third-order valence-corrected chi connectivity index (χ3v) is 3.40. The third kappa shape index (κ3) is 2.60. The first-order chi connectivity index (χ1) is 8.51. The number of nitrogens with zero attached hydrogens (tertiary/aromatic N) is 2. The Morgan fingerprint density at radius 2 is 2.11 bits per heavy atom.